The largest absolute Gasteiger partial charge is 0.250 e. The lowest BCUT2D eigenvalue weighted by Crippen LogP contribution is -2.01. The predicted molar refractivity (Wildman–Crippen MR) is 53.5 cm³/mol. The van der Waals surface area contributed by atoms with E-state index >= 15 is 0 Å². The number of aromatic nitrogens is 1. The van der Waals surface area contributed by atoms with Gasteiger partial charge in [-0.15, -0.1) is 0 Å². The van der Waals surface area contributed by atoms with Crippen molar-refractivity contribution in [2.45, 2.75) is 13.8 Å². The molecule has 0 saturated heterocycles. The molecule has 0 amide bonds. The molecule has 4 heteroatoms. The maximum atomic E-state index is 13.5. The Morgan fingerprint density at radius 1 is 0.933 bits per heavy atom. The van der Waals surface area contributed by atoms with E-state index in [2.05, 4.69) is 4.98 Å². The minimum atomic E-state index is -1.29. The summed E-state index contributed by atoms with van der Waals surface area (Å²) in [5.74, 6) is -3.42. The van der Waals surface area contributed by atoms with Crippen molar-refractivity contribution in [1.82, 2.24) is 4.98 Å². The van der Waals surface area contributed by atoms with E-state index in [4.69, 9.17) is 0 Å². The number of halogens is 3. The summed E-state index contributed by atoms with van der Waals surface area (Å²) in [7, 11) is 0. The Morgan fingerprint density at radius 3 is 2.07 bits per heavy atom. The summed E-state index contributed by atoms with van der Waals surface area (Å²) in [6.45, 7) is 3.23. The monoisotopic (exact) mass is 213 g/mol. The van der Waals surface area contributed by atoms with Crippen molar-refractivity contribution in [2.75, 3.05) is 0 Å². The van der Waals surface area contributed by atoms with Crippen molar-refractivity contribution in [3.05, 3.63) is 41.0 Å². The van der Waals surface area contributed by atoms with Crippen LogP contribution in [0.25, 0.3) is 12.2 Å². The van der Waals surface area contributed by atoms with Gasteiger partial charge in [-0.3, -0.25) is 0 Å². The molecule has 0 aliphatic rings. The molecule has 0 bridgehead atoms. The number of nitrogens with zero attached hydrogens (tertiary/aromatic N) is 1. The van der Waals surface area contributed by atoms with Crippen LogP contribution < -0.4 is 0 Å². The van der Waals surface area contributed by atoms with E-state index < -0.39 is 23.1 Å². The Labute approximate surface area is 86.0 Å². The van der Waals surface area contributed by atoms with E-state index in [1.807, 2.05) is 0 Å². The maximum Gasteiger partial charge on any atom is 0.250 e. The summed E-state index contributed by atoms with van der Waals surface area (Å²) in [4.78, 5) is 3.17. The molecule has 0 N–H and O–H groups in total. The molecule has 1 heterocycles. The molecule has 0 saturated carbocycles. The fourth-order valence-electron chi connectivity index (χ4n) is 1.13. The Balaban J connectivity index is 3.48. The zero-order valence-corrected chi connectivity index (χ0v) is 8.39. The molecule has 0 radical (unpaired) electrons. The minimum Gasteiger partial charge on any atom is -0.215 e. The molecular formula is C11H10F3N. The van der Waals surface area contributed by atoms with Crippen molar-refractivity contribution < 1.29 is 13.2 Å². The van der Waals surface area contributed by atoms with Gasteiger partial charge < -0.3 is 0 Å². The zero-order chi connectivity index (χ0) is 11.4. The van der Waals surface area contributed by atoms with E-state index in [0.717, 1.165) is 0 Å². The van der Waals surface area contributed by atoms with E-state index in [9.17, 15) is 13.2 Å². The molecule has 0 unspecified atom stereocenters. The minimum absolute atomic E-state index is 0.204. The summed E-state index contributed by atoms with van der Waals surface area (Å²) in [6, 6.07) is 0. The molecular weight excluding hydrogens is 203 g/mol. The second-order valence-corrected chi connectivity index (χ2v) is 2.83. The van der Waals surface area contributed by atoms with Crippen LogP contribution in [0.1, 0.15) is 25.1 Å². The van der Waals surface area contributed by atoms with Gasteiger partial charge in [0.05, 0.1) is 5.56 Å². The van der Waals surface area contributed by atoms with Gasteiger partial charge in [0.1, 0.15) is 5.69 Å². The van der Waals surface area contributed by atoms with Crippen LogP contribution in [0.15, 0.2) is 12.2 Å². The summed E-state index contributed by atoms with van der Waals surface area (Å²) in [6.07, 6.45) is 5.38. The van der Waals surface area contributed by atoms with Crippen LogP contribution in [0.5, 0.6) is 0 Å². The SMILES string of the molecule is CC=Cc1nc(F)c(F)c(C=CC)c1F. The van der Waals surface area contributed by atoms with Crippen LogP contribution in [0.2, 0.25) is 0 Å². The van der Waals surface area contributed by atoms with Crippen molar-refractivity contribution in [2.24, 2.45) is 0 Å². The van der Waals surface area contributed by atoms with Gasteiger partial charge in [-0.25, -0.2) is 13.8 Å². The molecule has 1 nitrogen and oxygen atoms in total. The molecule has 0 aromatic carbocycles. The zero-order valence-electron chi connectivity index (χ0n) is 8.39. The smallest absolute Gasteiger partial charge is 0.215 e. The predicted octanol–water partition coefficient (Wildman–Crippen LogP) is 3.57. The number of rotatable bonds is 2. The Bertz CT molecular complexity index is 422. The highest BCUT2D eigenvalue weighted by Crippen LogP contribution is 2.19. The molecule has 1 rings (SSSR count). The summed E-state index contributed by atoms with van der Waals surface area (Å²) >= 11 is 0. The first-order valence-electron chi connectivity index (χ1n) is 4.41. The van der Waals surface area contributed by atoms with Crippen LogP contribution in [0.3, 0.4) is 0 Å². The second-order valence-electron chi connectivity index (χ2n) is 2.83. The second kappa shape index (κ2) is 4.77. The molecule has 1 aromatic rings. The van der Waals surface area contributed by atoms with Gasteiger partial charge in [0, 0.05) is 0 Å². The fourth-order valence-corrected chi connectivity index (χ4v) is 1.13. The van der Waals surface area contributed by atoms with Gasteiger partial charge in [0.2, 0.25) is 5.95 Å². The summed E-state index contributed by atoms with van der Waals surface area (Å²) < 4.78 is 39.6. The molecule has 15 heavy (non-hydrogen) atoms. The number of hydrogen-bond donors (Lipinski definition) is 0. The van der Waals surface area contributed by atoms with Gasteiger partial charge in [0.25, 0.3) is 0 Å². The Kier molecular flexibility index (Phi) is 3.66. The number of allylic oxidation sites excluding steroid dienone is 2. The van der Waals surface area contributed by atoms with Gasteiger partial charge in [-0.1, -0.05) is 18.2 Å². The lowest BCUT2D eigenvalue weighted by molar-refractivity contribution is 0.460. The van der Waals surface area contributed by atoms with Crippen molar-refractivity contribution in [3.8, 4) is 0 Å². The fraction of sp³-hybridized carbons (Fsp3) is 0.182. The average molecular weight is 213 g/mol. The van der Waals surface area contributed by atoms with Gasteiger partial charge >= 0.3 is 0 Å². The molecule has 0 spiro atoms. The third-order valence-electron chi connectivity index (χ3n) is 1.76. The molecule has 0 fully saturated rings. The van der Waals surface area contributed by atoms with Crippen LogP contribution in [-0.2, 0) is 0 Å². The standard InChI is InChI=1S/C11H10F3N/c1-3-5-7-9(12)8(6-4-2)15-11(14)10(7)13/h3-6H,1-2H3. The first kappa shape index (κ1) is 11.5. The van der Waals surface area contributed by atoms with Crippen molar-refractivity contribution >= 4 is 12.2 Å². The molecule has 80 valence electrons. The van der Waals surface area contributed by atoms with Gasteiger partial charge in [0.15, 0.2) is 11.6 Å². The average Bonchev–Trinajstić information content (AvgIpc) is 2.21. The highest BCUT2D eigenvalue weighted by molar-refractivity contribution is 5.56. The topological polar surface area (TPSA) is 12.9 Å². The van der Waals surface area contributed by atoms with E-state index in [0.29, 0.717) is 0 Å². The highest BCUT2D eigenvalue weighted by atomic mass is 19.2. The lowest BCUT2D eigenvalue weighted by Gasteiger charge is -2.03. The third-order valence-corrected chi connectivity index (χ3v) is 1.76. The quantitative estimate of drug-likeness (QED) is 0.684. The molecule has 0 aliphatic heterocycles. The van der Waals surface area contributed by atoms with Crippen LogP contribution in [0.4, 0.5) is 13.2 Å². The maximum absolute atomic E-state index is 13.5. The Hall–Kier alpha value is -1.58. The Morgan fingerprint density at radius 2 is 1.53 bits per heavy atom. The number of pyridine rings is 1. The number of hydrogen-bond acceptors (Lipinski definition) is 1. The molecule has 0 aliphatic carbocycles. The van der Waals surface area contributed by atoms with Crippen LogP contribution in [0, 0.1) is 17.6 Å². The van der Waals surface area contributed by atoms with Crippen LogP contribution >= 0.6 is 0 Å². The van der Waals surface area contributed by atoms with E-state index in [-0.39, 0.29) is 5.69 Å². The van der Waals surface area contributed by atoms with Crippen LogP contribution in [-0.4, -0.2) is 4.98 Å². The van der Waals surface area contributed by atoms with E-state index in [1.165, 1.54) is 24.3 Å². The molecule has 0 atom stereocenters. The summed E-state index contributed by atoms with van der Waals surface area (Å²) in [5.41, 5.74) is -0.609. The summed E-state index contributed by atoms with van der Waals surface area (Å²) in [5, 5.41) is 0. The lowest BCUT2D eigenvalue weighted by atomic mass is 10.1. The van der Waals surface area contributed by atoms with Gasteiger partial charge in [-0.05, 0) is 19.9 Å². The molecule has 1 aromatic heterocycles. The first-order valence-corrected chi connectivity index (χ1v) is 4.41. The third kappa shape index (κ3) is 2.26. The van der Waals surface area contributed by atoms with E-state index in [1.54, 1.807) is 13.8 Å². The normalized spacial score (nSPS) is 11.8. The highest BCUT2D eigenvalue weighted by Gasteiger charge is 2.16. The van der Waals surface area contributed by atoms with Crippen molar-refractivity contribution in [1.29, 1.82) is 0 Å². The van der Waals surface area contributed by atoms with Gasteiger partial charge in [-0.2, -0.15) is 4.39 Å². The van der Waals surface area contributed by atoms with Crippen molar-refractivity contribution in [3.63, 3.8) is 0 Å². The first-order chi connectivity index (χ1) is 7.11.